The second kappa shape index (κ2) is 3.84. The van der Waals surface area contributed by atoms with Gasteiger partial charge in [-0.15, -0.1) is 0 Å². The Kier molecular flexibility index (Phi) is 2.96. The fourth-order valence-corrected chi connectivity index (χ4v) is 1.62. The molecule has 0 spiro atoms. The van der Waals surface area contributed by atoms with Crippen LogP contribution in [0.1, 0.15) is 11.1 Å². The first-order chi connectivity index (χ1) is 6.44. The lowest BCUT2D eigenvalue weighted by atomic mass is 10.1. The maximum atomic E-state index is 10.9. The van der Waals surface area contributed by atoms with Gasteiger partial charge in [-0.2, -0.15) is 8.42 Å². The quantitative estimate of drug-likeness (QED) is 0.719. The van der Waals surface area contributed by atoms with Crippen molar-refractivity contribution >= 4 is 16.2 Å². The first-order valence-electron chi connectivity index (χ1n) is 4.05. The van der Waals surface area contributed by atoms with Gasteiger partial charge in [0.05, 0.1) is 6.26 Å². The van der Waals surface area contributed by atoms with Crippen LogP contribution in [0.25, 0.3) is 6.08 Å². The van der Waals surface area contributed by atoms with Gasteiger partial charge in [0.25, 0.3) is 0 Å². The highest BCUT2D eigenvalue weighted by Gasteiger charge is 2.08. The van der Waals surface area contributed by atoms with Gasteiger partial charge in [0, 0.05) is 5.56 Å². The monoisotopic (exact) mass is 212 g/mol. The molecule has 0 fully saturated rings. The van der Waals surface area contributed by atoms with E-state index in [9.17, 15) is 8.42 Å². The lowest BCUT2D eigenvalue weighted by molar-refractivity contribution is 0.492. The summed E-state index contributed by atoms with van der Waals surface area (Å²) in [6.45, 7) is 5.47. The van der Waals surface area contributed by atoms with E-state index in [1.807, 2.05) is 13.0 Å². The molecule has 3 nitrogen and oxygen atoms in total. The minimum Gasteiger partial charge on any atom is -0.382 e. The molecule has 76 valence electrons. The van der Waals surface area contributed by atoms with Crippen molar-refractivity contribution in [1.82, 2.24) is 0 Å². The number of aryl methyl sites for hydroxylation is 1. The molecule has 1 rings (SSSR count). The Morgan fingerprint density at radius 1 is 1.43 bits per heavy atom. The molecule has 0 radical (unpaired) electrons. The van der Waals surface area contributed by atoms with Gasteiger partial charge in [-0.05, 0) is 18.6 Å². The zero-order valence-corrected chi connectivity index (χ0v) is 8.97. The van der Waals surface area contributed by atoms with Gasteiger partial charge in [-0.1, -0.05) is 24.8 Å². The molecule has 0 bridgehead atoms. The van der Waals surface area contributed by atoms with Crippen LogP contribution in [-0.4, -0.2) is 14.7 Å². The van der Waals surface area contributed by atoms with E-state index in [1.54, 1.807) is 18.2 Å². The van der Waals surface area contributed by atoms with Gasteiger partial charge in [-0.3, -0.25) is 0 Å². The molecule has 14 heavy (non-hydrogen) atoms. The van der Waals surface area contributed by atoms with Gasteiger partial charge < -0.3 is 4.18 Å². The molecule has 0 aliphatic rings. The molecular weight excluding hydrogens is 200 g/mol. The van der Waals surface area contributed by atoms with Gasteiger partial charge in [0.2, 0.25) is 0 Å². The normalized spacial score (nSPS) is 11.0. The Bertz CT molecular complexity index is 446. The molecule has 0 amide bonds. The van der Waals surface area contributed by atoms with E-state index in [2.05, 4.69) is 6.58 Å². The average Bonchev–Trinajstić information content (AvgIpc) is 2.01. The molecule has 1 aromatic rings. The van der Waals surface area contributed by atoms with Crippen molar-refractivity contribution in [2.24, 2.45) is 0 Å². The maximum Gasteiger partial charge on any atom is 0.306 e. The lowest BCUT2D eigenvalue weighted by Gasteiger charge is -2.08. The van der Waals surface area contributed by atoms with Crippen LogP contribution in [0.15, 0.2) is 24.8 Å². The minimum absolute atomic E-state index is 0.322. The molecule has 0 unspecified atom stereocenters. The zero-order valence-electron chi connectivity index (χ0n) is 8.15. The predicted octanol–water partition coefficient (Wildman–Crippen LogP) is 1.98. The van der Waals surface area contributed by atoms with Crippen molar-refractivity contribution in [3.8, 4) is 5.75 Å². The summed E-state index contributed by atoms with van der Waals surface area (Å²) >= 11 is 0. The van der Waals surface area contributed by atoms with Gasteiger partial charge in [-0.25, -0.2) is 0 Å². The summed E-state index contributed by atoms with van der Waals surface area (Å²) in [6, 6.07) is 5.21. The zero-order chi connectivity index (χ0) is 10.8. The van der Waals surface area contributed by atoms with Crippen molar-refractivity contribution < 1.29 is 12.6 Å². The SMILES string of the molecule is C=Cc1c(C)cccc1OS(C)(=O)=O. The second-order valence-corrected chi connectivity index (χ2v) is 4.55. The number of benzene rings is 1. The molecule has 0 aromatic heterocycles. The first kappa shape index (κ1) is 10.8. The van der Waals surface area contributed by atoms with E-state index >= 15 is 0 Å². The summed E-state index contributed by atoms with van der Waals surface area (Å²) in [5, 5.41) is 0. The van der Waals surface area contributed by atoms with Crippen LogP contribution in [-0.2, 0) is 10.1 Å². The molecule has 4 heteroatoms. The van der Waals surface area contributed by atoms with Crippen LogP contribution < -0.4 is 4.18 Å². The van der Waals surface area contributed by atoms with Crippen molar-refractivity contribution in [2.45, 2.75) is 6.92 Å². The van der Waals surface area contributed by atoms with Gasteiger partial charge in [0.1, 0.15) is 5.75 Å². The Balaban J connectivity index is 3.21. The predicted molar refractivity (Wildman–Crippen MR) is 56.7 cm³/mol. The maximum absolute atomic E-state index is 10.9. The third-order valence-electron chi connectivity index (χ3n) is 1.73. The minimum atomic E-state index is -3.47. The highest BCUT2D eigenvalue weighted by Crippen LogP contribution is 2.23. The molecule has 0 N–H and O–H groups in total. The highest BCUT2D eigenvalue weighted by molar-refractivity contribution is 7.86. The number of rotatable bonds is 3. The standard InChI is InChI=1S/C10H12O3S/c1-4-9-8(2)6-5-7-10(9)13-14(3,11)12/h4-7H,1H2,2-3H3. The van der Waals surface area contributed by atoms with Crippen molar-refractivity contribution in [3.63, 3.8) is 0 Å². The molecule has 0 atom stereocenters. The van der Waals surface area contributed by atoms with Crippen LogP contribution >= 0.6 is 0 Å². The molecule has 1 aromatic carbocycles. The Morgan fingerprint density at radius 3 is 2.57 bits per heavy atom. The van der Waals surface area contributed by atoms with Crippen molar-refractivity contribution in [1.29, 1.82) is 0 Å². The first-order valence-corrected chi connectivity index (χ1v) is 5.87. The Hall–Kier alpha value is -1.29. The van der Waals surface area contributed by atoms with E-state index < -0.39 is 10.1 Å². The molecule has 0 saturated carbocycles. The van der Waals surface area contributed by atoms with Crippen molar-refractivity contribution in [2.75, 3.05) is 6.26 Å². The summed E-state index contributed by atoms with van der Waals surface area (Å²) in [7, 11) is -3.47. The van der Waals surface area contributed by atoms with Crippen LogP contribution in [0, 0.1) is 6.92 Å². The Labute approximate surface area is 84.1 Å². The summed E-state index contributed by atoms with van der Waals surface area (Å²) < 4.78 is 26.7. The molecule has 0 saturated heterocycles. The average molecular weight is 212 g/mol. The second-order valence-electron chi connectivity index (χ2n) is 2.98. The molecule has 0 aliphatic carbocycles. The van der Waals surface area contributed by atoms with Crippen molar-refractivity contribution in [3.05, 3.63) is 35.9 Å². The van der Waals surface area contributed by atoms with E-state index in [1.165, 1.54) is 0 Å². The molecule has 0 heterocycles. The third kappa shape index (κ3) is 2.60. The number of hydrogen-bond acceptors (Lipinski definition) is 3. The summed E-state index contributed by atoms with van der Waals surface area (Å²) in [5.41, 5.74) is 1.64. The summed E-state index contributed by atoms with van der Waals surface area (Å²) in [6.07, 6.45) is 2.60. The van der Waals surface area contributed by atoms with Crippen LogP contribution in [0.4, 0.5) is 0 Å². The highest BCUT2D eigenvalue weighted by atomic mass is 32.2. The van der Waals surface area contributed by atoms with E-state index in [-0.39, 0.29) is 0 Å². The topological polar surface area (TPSA) is 43.4 Å². The van der Waals surface area contributed by atoms with E-state index in [0.29, 0.717) is 11.3 Å². The van der Waals surface area contributed by atoms with Gasteiger partial charge >= 0.3 is 10.1 Å². The van der Waals surface area contributed by atoms with E-state index in [4.69, 9.17) is 4.18 Å². The lowest BCUT2D eigenvalue weighted by Crippen LogP contribution is -2.07. The van der Waals surface area contributed by atoms with E-state index in [0.717, 1.165) is 11.8 Å². The van der Waals surface area contributed by atoms with Crippen LogP contribution in [0.2, 0.25) is 0 Å². The summed E-state index contributed by atoms with van der Waals surface area (Å²) in [5.74, 6) is 0.322. The fraction of sp³-hybridized carbons (Fsp3) is 0.200. The molecular formula is C10H12O3S. The number of hydrogen-bond donors (Lipinski definition) is 0. The smallest absolute Gasteiger partial charge is 0.306 e. The van der Waals surface area contributed by atoms with Crippen LogP contribution in [0.3, 0.4) is 0 Å². The van der Waals surface area contributed by atoms with Crippen LogP contribution in [0.5, 0.6) is 5.75 Å². The largest absolute Gasteiger partial charge is 0.382 e. The third-order valence-corrected chi connectivity index (χ3v) is 2.21. The fourth-order valence-electron chi connectivity index (χ4n) is 1.15. The molecule has 0 aliphatic heterocycles. The summed E-state index contributed by atoms with van der Waals surface area (Å²) in [4.78, 5) is 0. The Morgan fingerprint density at radius 2 is 2.07 bits per heavy atom. The van der Waals surface area contributed by atoms with Gasteiger partial charge in [0.15, 0.2) is 0 Å².